The van der Waals surface area contributed by atoms with E-state index in [9.17, 15) is 5.11 Å². The van der Waals surface area contributed by atoms with Crippen LogP contribution in [-0.2, 0) is 6.61 Å². The molecule has 0 amide bonds. The minimum absolute atomic E-state index is 0.240. The Labute approximate surface area is 109 Å². The Morgan fingerprint density at radius 3 is 2.65 bits per heavy atom. The van der Waals surface area contributed by atoms with E-state index in [1.807, 2.05) is 43.3 Å². The molecular formula is C14H13BrO2. The molecule has 2 aromatic rings. The smallest absolute Gasteiger partial charge is 0.129 e. The third kappa shape index (κ3) is 3.01. The van der Waals surface area contributed by atoms with Gasteiger partial charge in [-0.05, 0) is 52.2 Å². The molecule has 0 aliphatic carbocycles. The number of aryl methyl sites for hydroxylation is 1. The van der Waals surface area contributed by atoms with Crippen molar-refractivity contribution in [2.75, 3.05) is 0 Å². The first-order chi connectivity index (χ1) is 8.16. The van der Waals surface area contributed by atoms with E-state index in [1.165, 1.54) is 0 Å². The predicted molar refractivity (Wildman–Crippen MR) is 71.3 cm³/mol. The monoisotopic (exact) mass is 292 g/mol. The number of benzene rings is 2. The van der Waals surface area contributed by atoms with E-state index < -0.39 is 0 Å². The molecule has 0 bridgehead atoms. The van der Waals surface area contributed by atoms with Gasteiger partial charge < -0.3 is 9.84 Å². The second kappa shape index (κ2) is 5.23. The lowest BCUT2D eigenvalue weighted by Gasteiger charge is -2.09. The highest BCUT2D eigenvalue weighted by atomic mass is 79.9. The highest BCUT2D eigenvalue weighted by Crippen LogP contribution is 2.25. The summed E-state index contributed by atoms with van der Waals surface area (Å²) in [4.78, 5) is 0. The highest BCUT2D eigenvalue weighted by Gasteiger charge is 2.02. The Balaban J connectivity index is 2.08. The standard InChI is InChI=1S/C14H13BrO2/c1-10-4-2-3-5-14(10)17-9-11-6-7-13(16)12(15)8-11/h2-8,16H,9H2,1H3. The van der Waals surface area contributed by atoms with E-state index in [1.54, 1.807) is 6.07 Å². The van der Waals surface area contributed by atoms with Gasteiger partial charge in [-0.15, -0.1) is 0 Å². The van der Waals surface area contributed by atoms with E-state index in [-0.39, 0.29) is 5.75 Å². The molecule has 2 rings (SSSR count). The SMILES string of the molecule is Cc1ccccc1OCc1ccc(O)c(Br)c1. The van der Waals surface area contributed by atoms with Crippen LogP contribution in [0.4, 0.5) is 0 Å². The molecule has 88 valence electrons. The molecule has 0 unspecified atom stereocenters. The van der Waals surface area contributed by atoms with Crippen LogP contribution in [0.3, 0.4) is 0 Å². The van der Waals surface area contributed by atoms with E-state index in [0.717, 1.165) is 16.9 Å². The van der Waals surface area contributed by atoms with Crippen molar-refractivity contribution in [2.45, 2.75) is 13.5 Å². The fourth-order valence-corrected chi connectivity index (χ4v) is 1.95. The number of halogens is 1. The van der Waals surface area contributed by atoms with Gasteiger partial charge in [0.2, 0.25) is 0 Å². The summed E-state index contributed by atoms with van der Waals surface area (Å²) < 4.78 is 6.40. The second-order valence-electron chi connectivity index (χ2n) is 3.84. The van der Waals surface area contributed by atoms with Crippen LogP contribution in [0.1, 0.15) is 11.1 Å². The Morgan fingerprint density at radius 2 is 1.94 bits per heavy atom. The Hall–Kier alpha value is -1.48. The summed E-state index contributed by atoms with van der Waals surface area (Å²) >= 11 is 3.28. The topological polar surface area (TPSA) is 29.5 Å². The van der Waals surface area contributed by atoms with Crippen molar-refractivity contribution in [3.05, 3.63) is 58.1 Å². The van der Waals surface area contributed by atoms with Crippen molar-refractivity contribution in [1.29, 1.82) is 0 Å². The molecule has 0 heterocycles. The number of para-hydroxylation sites is 1. The lowest BCUT2D eigenvalue weighted by atomic mass is 10.2. The van der Waals surface area contributed by atoms with Gasteiger partial charge in [-0.25, -0.2) is 0 Å². The average molecular weight is 293 g/mol. The number of phenolic OH excluding ortho intramolecular Hbond substituents is 1. The molecule has 0 spiro atoms. The number of hydrogen-bond acceptors (Lipinski definition) is 2. The van der Waals surface area contributed by atoms with Crippen LogP contribution < -0.4 is 4.74 Å². The quantitative estimate of drug-likeness (QED) is 0.925. The molecule has 0 aliphatic rings. The summed E-state index contributed by atoms with van der Waals surface area (Å²) in [6.45, 7) is 2.51. The van der Waals surface area contributed by atoms with Gasteiger partial charge in [0.1, 0.15) is 18.1 Å². The van der Waals surface area contributed by atoms with Crippen molar-refractivity contribution in [1.82, 2.24) is 0 Å². The predicted octanol–water partition coefficient (Wildman–Crippen LogP) is 4.04. The third-order valence-corrected chi connectivity index (χ3v) is 3.14. The van der Waals surface area contributed by atoms with Crippen LogP contribution in [0.15, 0.2) is 46.9 Å². The van der Waals surface area contributed by atoms with Gasteiger partial charge in [0.25, 0.3) is 0 Å². The molecule has 0 aromatic heterocycles. The third-order valence-electron chi connectivity index (χ3n) is 2.50. The fraction of sp³-hybridized carbons (Fsp3) is 0.143. The van der Waals surface area contributed by atoms with Crippen molar-refractivity contribution < 1.29 is 9.84 Å². The maximum Gasteiger partial charge on any atom is 0.129 e. The summed E-state index contributed by atoms with van der Waals surface area (Å²) in [5.74, 6) is 1.13. The van der Waals surface area contributed by atoms with Gasteiger partial charge in [-0.3, -0.25) is 0 Å². The van der Waals surface area contributed by atoms with Gasteiger partial charge in [-0.1, -0.05) is 24.3 Å². The number of rotatable bonds is 3. The van der Waals surface area contributed by atoms with E-state index in [4.69, 9.17) is 4.74 Å². The molecule has 17 heavy (non-hydrogen) atoms. The zero-order valence-corrected chi connectivity index (χ0v) is 11.1. The van der Waals surface area contributed by atoms with Gasteiger partial charge in [-0.2, -0.15) is 0 Å². The first kappa shape index (κ1) is 12.0. The number of hydrogen-bond donors (Lipinski definition) is 1. The molecule has 0 atom stereocenters. The highest BCUT2D eigenvalue weighted by molar-refractivity contribution is 9.10. The van der Waals surface area contributed by atoms with Crippen LogP contribution in [0.5, 0.6) is 11.5 Å². The summed E-state index contributed by atoms with van der Waals surface area (Å²) in [5, 5.41) is 9.39. The summed E-state index contributed by atoms with van der Waals surface area (Å²) in [6, 6.07) is 13.3. The fourth-order valence-electron chi connectivity index (χ4n) is 1.52. The molecule has 0 radical (unpaired) electrons. The molecule has 0 fully saturated rings. The molecule has 0 saturated heterocycles. The average Bonchev–Trinajstić information content (AvgIpc) is 2.32. The van der Waals surface area contributed by atoms with Crippen LogP contribution in [0.2, 0.25) is 0 Å². The Kier molecular flexibility index (Phi) is 3.69. The number of ether oxygens (including phenoxy) is 1. The van der Waals surface area contributed by atoms with Crippen molar-refractivity contribution in [3.8, 4) is 11.5 Å². The van der Waals surface area contributed by atoms with E-state index >= 15 is 0 Å². The zero-order chi connectivity index (χ0) is 12.3. The first-order valence-electron chi connectivity index (χ1n) is 5.32. The van der Waals surface area contributed by atoms with Crippen LogP contribution in [0.25, 0.3) is 0 Å². The molecular weight excluding hydrogens is 280 g/mol. The van der Waals surface area contributed by atoms with Crippen LogP contribution >= 0.6 is 15.9 Å². The summed E-state index contributed by atoms with van der Waals surface area (Å²) in [7, 11) is 0. The van der Waals surface area contributed by atoms with Gasteiger partial charge in [0, 0.05) is 0 Å². The first-order valence-corrected chi connectivity index (χ1v) is 6.12. The van der Waals surface area contributed by atoms with Crippen LogP contribution in [-0.4, -0.2) is 5.11 Å². The largest absolute Gasteiger partial charge is 0.507 e. The molecule has 2 aromatic carbocycles. The minimum Gasteiger partial charge on any atom is -0.507 e. The normalized spacial score (nSPS) is 10.2. The Bertz CT molecular complexity index is 523. The van der Waals surface area contributed by atoms with E-state index in [0.29, 0.717) is 11.1 Å². The Morgan fingerprint density at radius 1 is 1.18 bits per heavy atom. The lowest BCUT2D eigenvalue weighted by Crippen LogP contribution is -1.96. The minimum atomic E-state index is 0.240. The maximum atomic E-state index is 9.39. The molecule has 1 N–H and O–H groups in total. The van der Waals surface area contributed by atoms with Crippen molar-refractivity contribution >= 4 is 15.9 Å². The second-order valence-corrected chi connectivity index (χ2v) is 4.69. The van der Waals surface area contributed by atoms with Gasteiger partial charge in [0.15, 0.2) is 0 Å². The van der Waals surface area contributed by atoms with Crippen molar-refractivity contribution in [3.63, 3.8) is 0 Å². The van der Waals surface area contributed by atoms with Crippen molar-refractivity contribution in [2.24, 2.45) is 0 Å². The maximum absolute atomic E-state index is 9.39. The zero-order valence-electron chi connectivity index (χ0n) is 9.48. The number of aromatic hydroxyl groups is 1. The molecule has 2 nitrogen and oxygen atoms in total. The molecule has 3 heteroatoms. The summed E-state index contributed by atoms with van der Waals surface area (Å²) in [5.41, 5.74) is 2.13. The summed E-state index contributed by atoms with van der Waals surface area (Å²) in [6.07, 6.45) is 0. The van der Waals surface area contributed by atoms with E-state index in [2.05, 4.69) is 15.9 Å². The van der Waals surface area contributed by atoms with Crippen LogP contribution in [0, 0.1) is 6.92 Å². The lowest BCUT2D eigenvalue weighted by molar-refractivity contribution is 0.304. The molecule has 0 saturated carbocycles. The number of phenols is 1. The molecule has 0 aliphatic heterocycles. The van der Waals surface area contributed by atoms with Gasteiger partial charge in [0.05, 0.1) is 4.47 Å². The van der Waals surface area contributed by atoms with Gasteiger partial charge >= 0.3 is 0 Å².